The van der Waals surface area contributed by atoms with E-state index in [2.05, 4.69) is 34.1 Å². The molecule has 2 heterocycles. The number of ether oxygens (including phenoxy) is 1. The van der Waals surface area contributed by atoms with Crippen molar-refractivity contribution in [1.29, 1.82) is 0 Å². The Bertz CT molecular complexity index is 321. The number of likely N-dealkylation sites (tertiary alicyclic amines) is 1. The molecular formula is C15H31IN4O. The van der Waals surface area contributed by atoms with Gasteiger partial charge in [-0.25, -0.2) is 0 Å². The lowest BCUT2D eigenvalue weighted by atomic mass is 10.1. The molecule has 0 aromatic rings. The molecule has 0 aromatic heterocycles. The number of aliphatic imine (C=N–C) groups is 1. The second kappa shape index (κ2) is 9.84. The highest BCUT2D eigenvalue weighted by molar-refractivity contribution is 14.0. The smallest absolute Gasteiger partial charge is 0.193 e. The lowest BCUT2D eigenvalue weighted by Gasteiger charge is -2.25. The molecule has 21 heavy (non-hydrogen) atoms. The van der Waals surface area contributed by atoms with Gasteiger partial charge in [0, 0.05) is 46.3 Å². The molecule has 0 amide bonds. The number of rotatable bonds is 5. The standard InChI is InChI=1S/C15H30N4O.HI/c1-4-19-7-5-13(11-19)9-17-15(16-2)18(3)10-14-6-8-20-12-14;/h13-14H,4-12H2,1-3H3,(H,16,17);1H. The van der Waals surface area contributed by atoms with Crippen molar-refractivity contribution >= 4 is 29.9 Å². The minimum Gasteiger partial charge on any atom is -0.381 e. The van der Waals surface area contributed by atoms with Crippen LogP contribution in [0.4, 0.5) is 0 Å². The van der Waals surface area contributed by atoms with Gasteiger partial charge < -0.3 is 19.9 Å². The van der Waals surface area contributed by atoms with Gasteiger partial charge in [-0.05, 0) is 31.8 Å². The van der Waals surface area contributed by atoms with E-state index in [4.69, 9.17) is 4.74 Å². The molecule has 0 saturated carbocycles. The van der Waals surface area contributed by atoms with Crippen LogP contribution in [0.3, 0.4) is 0 Å². The SMILES string of the molecule is CCN1CCC(CNC(=NC)N(C)CC2CCOC2)C1.I. The molecule has 0 bridgehead atoms. The van der Waals surface area contributed by atoms with Crippen molar-refractivity contribution in [1.82, 2.24) is 15.1 Å². The first-order chi connectivity index (χ1) is 9.72. The lowest BCUT2D eigenvalue weighted by Crippen LogP contribution is -2.43. The van der Waals surface area contributed by atoms with E-state index in [0.717, 1.165) is 38.2 Å². The van der Waals surface area contributed by atoms with Gasteiger partial charge in [0.05, 0.1) is 6.61 Å². The fraction of sp³-hybridized carbons (Fsp3) is 0.933. The van der Waals surface area contributed by atoms with Crippen molar-refractivity contribution in [2.75, 3.05) is 60.0 Å². The molecule has 0 aromatic carbocycles. The lowest BCUT2D eigenvalue weighted by molar-refractivity contribution is 0.181. The molecule has 2 fully saturated rings. The van der Waals surface area contributed by atoms with Gasteiger partial charge in [0.25, 0.3) is 0 Å². The number of hydrogen-bond donors (Lipinski definition) is 1. The fourth-order valence-electron chi connectivity index (χ4n) is 3.19. The summed E-state index contributed by atoms with van der Waals surface area (Å²) in [5, 5.41) is 3.54. The molecule has 2 atom stereocenters. The molecule has 1 N–H and O–H groups in total. The van der Waals surface area contributed by atoms with Gasteiger partial charge in [-0.2, -0.15) is 0 Å². The summed E-state index contributed by atoms with van der Waals surface area (Å²) in [5.74, 6) is 2.43. The maximum Gasteiger partial charge on any atom is 0.193 e. The molecule has 0 radical (unpaired) electrons. The Balaban J connectivity index is 0.00000220. The zero-order valence-electron chi connectivity index (χ0n) is 13.7. The van der Waals surface area contributed by atoms with Crippen molar-refractivity contribution in [2.45, 2.75) is 19.8 Å². The Morgan fingerprint density at radius 2 is 2.19 bits per heavy atom. The number of guanidine groups is 1. The summed E-state index contributed by atoms with van der Waals surface area (Å²) >= 11 is 0. The van der Waals surface area contributed by atoms with Gasteiger partial charge in [-0.1, -0.05) is 6.92 Å². The summed E-state index contributed by atoms with van der Waals surface area (Å²) < 4.78 is 5.44. The van der Waals surface area contributed by atoms with Crippen LogP contribution in [0.2, 0.25) is 0 Å². The minimum absolute atomic E-state index is 0. The van der Waals surface area contributed by atoms with Crippen LogP contribution in [0, 0.1) is 11.8 Å². The highest BCUT2D eigenvalue weighted by Crippen LogP contribution is 2.15. The summed E-state index contributed by atoms with van der Waals surface area (Å²) in [4.78, 5) is 9.17. The Hall–Kier alpha value is -0.0800. The van der Waals surface area contributed by atoms with Crippen LogP contribution in [0.15, 0.2) is 4.99 Å². The van der Waals surface area contributed by atoms with Crippen LogP contribution in [0.25, 0.3) is 0 Å². The van der Waals surface area contributed by atoms with Gasteiger partial charge in [-0.3, -0.25) is 4.99 Å². The molecule has 2 rings (SSSR count). The first-order valence-corrected chi connectivity index (χ1v) is 7.94. The third-order valence-corrected chi connectivity index (χ3v) is 4.50. The molecule has 2 aliphatic rings. The Morgan fingerprint density at radius 3 is 2.76 bits per heavy atom. The molecule has 2 unspecified atom stereocenters. The van der Waals surface area contributed by atoms with E-state index in [0.29, 0.717) is 5.92 Å². The summed E-state index contributed by atoms with van der Waals surface area (Å²) in [6.07, 6.45) is 2.48. The molecule has 2 aliphatic heterocycles. The largest absolute Gasteiger partial charge is 0.381 e. The monoisotopic (exact) mass is 410 g/mol. The second-order valence-electron chi connectivity index (χ2n) is 6.09. The predicted molar refractivity (Wildman–Crippen MR) is 98.6 cm³/mol. The van der Waals surface area contributed by atoms with Gasteiger partial charge >= 0.3 is 0 Å². The average Bonchev–Trinajstić information content (AvgIpc) is 3.10. The first kappa shape index (κ1) is 19.0. The molecule has 0 spiro atoms. The molecular weight excluding hydrogens is 379 g/mol. The summed E-state index contributed by atoms with van der Waals surface area (Å²) in [5.41, 5.74) is 0. The Labute approximate surface area is 146 Å². The van der Waals surface area contributed by atoms with Crippen LogP contribution >= 0.6 is 24.0 Å². The van der Waals surface area contributed by atoms with Gasteiger partial charge in [0.2, 0.25) is 0 Å². The van der Waals surface area contributed by atoms with E-state index < -0.39 is 0 Å². The van der Waals surface area contributed by atoms with E-state index in [1.165, 1.54) is 32.5 Å². The van der Waals surface area contributed by atoms with Crippen LogP contribution < -0.4 is 5.32 Å². The van der Waals surface area contributed by atoms with E-state index in [-0.39, 0.29) is 24.0 Å². The normalized spacial score (nSPS) is 26.7. The maximum absolute atomic E-state index is 5.44. The Morgan fingerprint density at radius 1 is 1.38 bits per heavy atom. The van der Waals surface area contributed by atoms with Crippen LogP contribution in [-0.2, 0) is 4.74 Å². The molecule has 2 saturated heterocycles. The number of halogens is 1. The topological polar surface area (TPSA) is 40.1 Å². The zero-order chi connectivity index (χ0) is 14.4. The fourth-order valence-corrected chi connectivity index (χ4v) is 3.19. The quantitative estimate of drug-likeness (QED) is 0.424. The predicted octanol–water partition coefficient (Wildman–Crippen LogP) is 1.49. The summed E-state index contributed by atoms with van der Waals surface area (Å²) in [6, 6.07) is 0. The van der Waals surface area contributed by atoms with E-state index >= 15 is 0 Å². The summed E-state index contributed by atoms with van der Waals surface area (Å²) in [7, 11) is 4.00. The second-order valence-corrected chi connectivity index (χ2v) is 6.09. The first-order valence-electron chi connectivity index (χ1n) is 7.94. The maximum atomic E-state index is 5.44. The van der Waals surface area contributed by atoms with E-state index in [1.54, 1.807) is 0 Å². The van der Waals surface area contributed by atoms with Crippen LogP contribution in [0.5, 0.6) is 0 Å². The van der Waals surface area contributed by atoms with Crippen molar-refractivity contribution in [2.24, 2.45) is 16.8 Å². The average molecular weight is 410 g/mol. The minimum atomic E-state index is 0. The molecule has 124 valence electrons. The Kier molecular flexibility index (Phi) is 8.89. The van der Waals surface area contributed by atoms with Crippen LogP contribution in [-0.4, -0.2) is 75.8 Å². The van der Waals surface area contributed by atoms with Crippen molar-refractivity contribution in [3.05, 3.63) is 0 Å². The van der Waals surface area contributed by atoms with Gasteiger partial charge in [-0.15, -0.1) is 24.0 Å². The number of nitrogens with zero attached hydrogens (tertiary/aromatic N) is 3. The third-order valence-electron chi connectivity index (χ3n) is 4.50. The van der Waals surface area contributed by atoms with Crippen molar-refractivity contribution in [3.8, 4) is 0 Å². The van der Waals surface area contributed by atoms with Crippen molar-refractivity contribution < 1.29 is 4.74 Å². The highest BCUT2D eigenvalue weighted by Gasteiger charge is 2.22. The molecule has 6 heteroatoms. The van der Waals surface area contributed by atoms with Crippen LogP contribution in [0.1, 0.15) is 19.8 Å². The van der Waals surface area contributed by atoms with Gasteiger partial charge in [0.1, 0.15) is 0 Å². The third kappa shape index (κ3) is 5.90. The number of nitrogens with one attached hydrogen (secondary N) is 1. The zero-order valence-corrected chi connectivity index (χ0v) is 16.0. The van der Waals surface area contributed by atoms with E-state index in [1.807, 2.05) is 7.05 Å². The van der Waals surface area contributed by atoms with Gasteiger partial charge in [0.15, 0.2) is 5.96 Å². The molecule has 0 aliphatic carbocycles. The van der Waals surface area contributed by atoms with Crippen molar-refractivity contribution in [3.63, 3.8) is 0 Å². The summed E-state index contributed by atoms with van der Waals surface area (Å²) in [6.45, 7) is 9.77. The van der Waals surface area contributed by atoms with E-state index in [9.17, 15) is 0 Å². The number of hydrogen-bond acceptors (Lipinski definition) is 3. The highest BCUT2D eigenvalue weighted by atomic mass is 127. The molecule has 5 nitrogen and oxygen atoms in total.